The molecule has 2 rings (SSSR count). The number of likely N-dealkylation sites (tertiary alicyclic amines) is 1. The number of nitrogens with one attached hydrogen (secondary N) is 1. The summed E-state index contributed by atoms with van der Waals surface area (Å²) >= 11 is 0. The van der Waals surface area contributed by atoms with Crippen molar-refractivity contribution < 1.29 is 14.6 Å². The maximum atomic E-state index is 11.3. The Hall–Kier alpha value is -1.59. The first-order valence-electron chi connectivity index (χ1n) is 7.47. The molecule has 0 radical (unpaired) electrons. The Morgan fingerprint density at radius 3 is 2.76 bits per heavy atom. The number of benzene rings is 1. The van der Waals surface area contributed by atoms with Crippen molar-refractivity contribution in [1.82, 2.24) is 10.2 Å². The third kappa shape index (κ3) is 3.95. The number of methoxy groups -OCH3 is 1. The fraction of sp³-hybridized carbons (Fsp3) is 0.562. The maximum Gasteiger partial charge on any atom is 0.407 e. The van der Waals surface area contributed by atoms with E-state index in [1.807, 2.05) is 18.2 Å². The fourth-order valence-electron chi connectivity index (χ4n) is 3.00. The Kier molecular flexibility index (Phi) is 5.59. The fourth-order valence-corrected chi connectivity index (χ4v) is 3.00. The predicted molar refractivity (Wildman–Crippen MR) is 81.0 cm³/mol. The quantitative estimate of drug-likeness (QED) is 0.890. The molecule has 1 amide bonds. The summed E-state index contributed by atoms with van der Waals surface area (Å²) in [6.45, 7) is 3.56. The van der Waals surface area contributed by atoms with Crippen molar-refractivity contribution in [3.63, 3.8) is 0 Å². The van der Waals surface area contributed by atoms with Crippen LogP contribution < -0.4 is 5.32 Å². The number of nitrogens with zero attached hydrogens (tertiary/aromatic N) is 1. The van der Waals surface area contributed by atoms with Crippen molar-refractivity contribution in [3.05, 3.63) is 35.9 Å². The number of alkyl carbamates (subject to hydrolysis) is 1. The topological polar surface area (TPSA) is 61.8 Å². The van der Waals surface area contributed by atoms with Crippen LogP contribution in [0.3, 0.4) is 0 Å². The van der Waals surface area contributed by atoms with Gasteiger partial charge in [0, 0.05) is 19.1 Å². The van der Waals surface area contributed by atoms with E-state index in [-0.39, 0.29) is 6.04 Å². The molecule has 0 spiro atoms. The molecule has 1 aliphatic heterocycles. The highest BCUT2D eigenvalue weighted by atomic mass is 16.5. The summed E-state index contributed by atoms with van der Waals surface area (Å²) in [5, 5.41) is 13.0. The molecule has 0 aromatic heterocycles. The standard InChI is InChI=1S/C16H24N2O3/c1-3-14(12-7-5-4-6-8-12)18-10-9-13(15(19)11-18)17-16(20)21-2/h4-8,13-15,19H,3,9-11H2,1-2H3,(H,17,20). The van der Waals surface area contributed by atoms with E-state index in [0.717, 1.165) is 19.4 Å². The van der Waals surface area contributed by atoms with Crippen LogP contribution in [-0.2, 0) is 4.74 Å². The number of amides is 1. The minimum atomic E-state index is -0.574. The third-order valence-electron chi connectivity index (χ3n) is 4.11. The van der Waals surface area contributed by atoms with Crippen LogP contribution >= 0.6 is 0 Å². The molecule has 0 saturated carbocycles. The number of piperidine rings is 1. The Bertz CT molecular complexity index is 452. The van der Waals surface area contributed by atoms with Gasteiger partial charge in [0.15, 0.2) is 0 Å². The van der Waals surface area contributed by atoms with Crippen LogP contribution in [-0.4, -0.2) is 48.4 Å². The third-order valence-corrected chi connectivity index (χ3v) is 4.11. The zero-order valence-corrected chi connectivity index (χ0v) is 12.7. The molecule has 1 saturated heterocycles. The molecule has 116 valence electrons. The number of carbonyl (C=O) groups excluding carboxylic acids is 1. The number of hydrogen-bond acceptors (Lipinski definition) is 4. The summed E-state index contributed by atoms with van der Waals surface area (Å²) in [6, 6.07) is 10.4. The first-order valence-corrected chi connectivity index (χ1v) is 7.47. The molecule has 1 aromatic rings. The largest absolute Gasteiger partial charge is 0.453 e. The van der Waals surface area contributed by atoms with Gasteiger partial charge in [-0.2, -0.15) is 0 Å². The van der Waals surface area contributed by atoms with Crippen LogP contribution in [0.4, 0.5) is 4.79 Å². The number of β-amino-alcohol motifs (C(OH)–C–C–N with tert-alkyl or cyclic N) is 1. The summed E-state index contributed by atoms with van der Waals surface area (Å²) in [6.07, 6.45) is 0.657. The van der Waals surface area contributed by atoms with Crippen molar-refractivity contribution in [2.45, 2.75) is 38.0 Å². The Morgan fingerprint density at radius 2 is 2.19 bits per heavy atom. The number of rotatable bonds is 4. The Labute approximate surface area is 125 Å². The maximum absolute atomic E-state index is 11.3. The monoisotopic (exact) mass is 292 g/mol. The molecule has 1 fully saturated rings. The number of ether oxygens (including phenoxy) is 1. The average Bonchev–Trinajstić information content (AvgIpc) is 2.51. The molecule has 1 aromatic carbocycles. The van der Waals surface area contributed by atoms with Gasteiger partial charge in [-0.15, -0.1) is 0 Å². The molecular weight excluding hydrogens is 268 g/mol. The van der Waals surface area contributed by atoms with Crippen molar-refractivity contribution in [2.75, 3.05) is 20.2 Å². The van der Waals surface area contributed by atoms with Gasteiger partial charge in [0.25, 0.3) is 0 Å². The lowest BCUT2D eigenvalue weighted by atomic mass is 9.96. The lowest BCUT2D eigenvalue weighted by Crippen LogP contribution is -2.54. The molecule has 1 heterocycles. The van der Waals surface area contributed by atoms with Crippen molar-refractivity contribution in [2.24, 2.45) is 0 Å². The molecule has 0 bridgehead atoms. The van der Waals surface area contributed by atoms with Gasteiger partial charge in [-0.25, -0.2) is 4.79 Å². The molecule has 21 heavy (non-hydrogen) atoms. The SMILES string of the molecule is CCC(c1ccccc1)N1CCC(NC(=O)OC)C(O)C1. The zero-order chi connectivity index (χ0) is 15.2. The van der Waals surface area contributed by atoms with Crippen molar-refractivity contribution in [3.8, 4) is 0 Å². The molecule has 3 unspecified atom stereocenters. The highest BCUT2D eigenvalue weighted by Crippen LogP contribution is 2.27. The first kappa shape index (κ1) is 15.8. The van der Waals surface area contributed by atoms with Crippen molar-refractivity contribution >= 4 is 6.09 Å². The van der Waals surface area contributed by atoms with Crippen LogP contribution in [0.25, 0.3) is 0 Å². The number of hydrogen-bond donors (Lipinski definition) is 2. The minimum absolute atomic E-state index is 0.234. The minimum Gasteiger partial charge on any atom is -0.453 e. The lowest BCUT2D eigenvalue weighted by molar-refractivity contribution is 0.0189. The van der Waals surface area contributed by atoms with E-state index >= 15 is 0 Å². The molecule has 5 nitrogen and oxygen atoms in total. The van der Waals surface area contributed by atoms with Gasteiger partial charge in [-0.05, 0) is 18.4 Å². The van der Waals surface area contributed by atoms with Gasteiger partial charge >= 0.3 is 6.09 Å². The number of aliphatic hydroxyl groups excluding tert-OH is 1. The normalized spacial score (nSPS) is 24.3. The van der Waals surface area contributed by atoms with Gasteiger partial charge in [0.2, 0.25) is 0 Å². The Balaban J connectivity index is 1.99. The molecule has 2 N–H and O–H groups in total. The van der Waals surface area contributed by atoms with E-state index < -0.39 is 12.2 Å². The van der Waals surface area contributed by atoms with Gasteiger partial charge in [-0.3, -0.25) is 4.90 Å². The molecular formula is C16H24N2O3. The van der Waals surface area contributed by atoms with E-state index in [1.165, 1.54) is 12.7 Å². The summed E-state index contributed by atoms with van der Waals surface area (Å²) in [4.78, 5) is 13.5. The van der Waals surface area contributed by atoms with E-state index in [2.05, 4.69) is 34.0 Å². The van der Waals surface area contributed by atoms with Gasteiger partial charge in [0.05, 0.1) is 19.3 Å². The van der Waals surface area contributed by atoms with Gasteiger partial charge in [0.1, 0.15) is 0 Å². The smallest absolute Gasteiger partial charge is 0.407 e. The average molecular weight is 292 g/mol. The lowest BCUT2D eigenvalue weighted by Gasteiger charge is -2.40. The molecule has 5 heteroatoms. The Morgan fingerprint density at radius 1 is 1.48 bits per heavy atom. The van der Waals surface area contributed by atoms with Gasteiger partial charge in [-0.1, -0.05) is 37.3 Å². The molecule has 3 atom stereocenters. The summed E-state index contributed by atoms with van der Waals surface area (Å²) in [7, 11) is 1.33. The van der Waals surface area contributed by atoms with E-state index in [0.29, 0.717) is 12.6 Å². The summed E-state index contributed by atoms with van der Waals surface area (Å²) in [5.41, 5.74) is 1.27. The number of aliphatic hydroxyl groups is 1. The van der Waals surface area contributed by atoms with Gasteiger partial charge < -0.3 is 15.2 Å². The second-order valence-corrected chi connectivity index (χ2v) is 5.43. The van der Waals surface area contributed by atoms with Crippen LogP contribution in [0.1, 0.15) is 31.4 Å². The van der Waals surface area contributed by atoms with Crippen molar-refractivity contribution in [1.29, 1.82) is 0 Å². The zero-order valence-electron chi connectivity index (χ0n) is 12.7. The second-order valence-electron chi connectivity index (χ2n) is 5.43. The molecule has 1 aliphatic rings. The van der Waals surface area contributed by atoms with Crippen LogP contribution in [0.5, 0.6) is 0 Å². The summed E-state index contributed by atoms with van der Waals surface area (Å²) in [5.74, 6) is 0. The predicted octanol–water partition coefficient (Wildman–Crippen LogP) is 1.93. The summed E-state index contributed by atoms with van der Waals surface area (Å²) < 4.78 is 4.59. The van der Waals surface area contributed by atoms with Crippen LogP contribution in [0, 0.1) is 0 Å². The highest BCUT2D eigenvalue weighted by molar-refractivity contribution is 5.67. The second kappa shape index (κ2) is 7.43. The molecule has 0 aliphatic carbocycles. The van der Waals surface area contributed by atoms with E-state index in [4.69, 9.17) is 0 Å². The highest BCUT2D eigenvalue weighted by Gasteiger charge is 2.32. The van der Waals surface area contributed by atoms with E-state index in [1.54, 1.807) is 0 Å². The number of carbonyl (C=O) groups is 1. The van der Waals surface area contributed by atoms with Crippen LogP contribution in [0.15, 0.2) is 30.3 Å². The van der Waals surface area contributed by atoms with Crippen LogP contribution in [0.2, 0.25) is 0 Å². The van der Waals surface area contributed by atoms with E-state index in [9.17, 15) is 9.90 Å². The first-order chi connectivity index (χ1) is 10.2.